The number of thioether (sulfide) groups is 1. The van der Waals surface area contributed by atoms with Crippen molar-refractivity contribution in [1.82, 2.24) is 5.32 Å². The lowest BCUT2D eigenvalue weighted by Gasteiger charge is -2.11. The standard InChI is InChI=1S/C13H19NO2S/c1-10(2)17-12-7-5-4-6-11(12)13(15)14-8-9-16-3/h4-7,10H,8-9H2,1-3H3,(H,14,15). The van der Waals surface area contributed by atoms with E-state index in [-0.39, 0.29) is 5.91 Å². The van der Waals surface area contributed by atoms with E-state index < -0.39 is 0 Å². The Labute approximate surface area is 107 Å². The van der Waals surface area contributed by atoms with E-state index in [1.165, 1.54) is 0 Å². The maximum Gasteiger partial charge on any atom is 0.252 e. The number of carbonyl (C=O) groups is 1. The smallest absolute Gasteiger partial charge is 0.252 e. The Balaban J connectivity index is 2.71. The molecule has 0 aliphatic rings. The largest absolute Gasteiger partial charge is 0.383 e. The number of benzene rings is 1. The summed E-state index contributed by atoms with van der Waals surface area (Å²) in [6.45, 7) is 5.30. The second-order valence-corrected chi connectivity index (χ2v) is 5.53. The minimum atomic E-state index is -0.0363. The minimum Gasteiger partial charge on any atom is -0.383 e. The number of amides is 1. The molecule has 3 nitrogen and oxygen atoms in total. The van der Waals surface area contributed by atoms with Crippen molar-refractivity contribution >= 4 is 17.7 Å². The molecule has 0 saturated carbocycles. The average molecular weight is 253 g/mol. The first kappa shape index (κ1) is 14.1. The summed E-state index contributed by atoms with van der Waals surface area (Å²) in [7, 11) is 1.62. The van der Waals surface area contributed by atoms with Crippen LogP contribution in [0.25, 0.3) is 0 Å². The molecular formula is C13H19NO2S. The van der Waals surface area contributed by atoms with Gasteiger partial charge in [0, 0.05) is 23.8 Å². The van der Waals surface area contributed by atoms with E-state index in [2.05, 4.69) is 19.2 Å². The van der Waals surface area contributed by atoms with Crippen LogP contribution in [-0.4, -0.2) is 31.4 Å². The highest BCUT2D eigenvalue weighted by atomic mass is 32.2. The lowest BCUT2D eigenvalue weighted by Crippen LogP contribution is -2.27. The monoisotopic (exact) mass is 253 g/mol. The molecule has 0 bridgehead atoms. The Kier molecular flexibility index (Phi) is 6.08. The number of methoxy groups -OCH3 is 1. The van der Waals surface area contributed by atoms with E-state index in [4.69, 9.17) is 4.74 Å². The Morgan fingerprint density at radius 3 is 2.76 bits per heavy atom. The Morgan fingerprint density at radius 1 is 1.41 bits per heavy atom. The van der Waals surface area contributed by atoms with E-state index in [9.17, 15) is 4.79 Å². The second-order valence-electron chi connectivity index (χ2n) is 3.91. The average Bonchev–Trinajstić information content (AvgIpc) is 2.29. The molecule has 1 N–H and O–H groups in total. The van der Waals surface area contributed by atoms with Crippen LogP contribution in [-0.2, 0) is 4.74 Å². The van der Waals surface area contributed by atoms with Crippen LogP contribution >= 0.6 is 11.8 Å². The van der Waals surface area contributed by atoms with Crippen LogP contribution < -0.4 is 5.32 Å². The lowest BCUT2D eigenvalue weighted by molar-refractivity contribution is 0.0934. The number of hydrogen-bond acceptors (Lipinski definition) is 3. The van der Waals surface area contributed by atoms with Gasteiger partial charge in [-0.05, 0) is 12.1 Å². The summed E-state index contributed by atoms with van der Waals surface area (Å²) in [6.07, 6.45) is 0. The molecule has 17 heavy (non-hydrogen) atoms. The van der Waals surface area contributed by atoms with E-state index >= 15 is 0 Å². The predicted octanol–water partition coefficient (Wildman–Crippen LogP) is 2.56. The lowest BCUT2D eigenvalue weighted by atomic mass is 10.2. The quantitative estimate of drug-likeness (QED) is 0.625. The topological polar surface area (TPSA) is 38.3 Å². The maximum atomic E-state index is 11.9. The molecule has 0 atom stereocenters. The molecule has 1 aromatic carbocycles. The van der Waals surface area contributed by atoms with Crippen molar-refractivity contribution < 1.29 is 9.53 Å². The molecule has 1 rings (SSSR count). The van der Waals surface area contributed by atoms with Crippen LogP contribution in [0.3, 0.4) is 0 Å². The van der Waals surface area contributed by atoms with Gasteiger partial charge in [-0.2, -0.15) is 0 Å². The van der Waals surface area contributed by atoms with Gasteiger partial charge >= 0.3 is 0 Å². The number of rotatable bonds is 6. The van der Waals surface area contributed by atoms with E-state index in [0.29, 0.717) is 18.4 Å². The highest BCUT2D eigenvalue weighted by Gasteiger charge is 2.11. The number of carbonyl (C=O) groups excluding carboxylic acids is 1. The first-order chi connectivity index (χ1) is 8.15. The predicted molar refractivity (Wildman–Crippen MR) is 71.6 cm³/mol. The summed E-state index contributed by atoms with van der Waals surface area (Å²) in [5, 5.41) is 3.30. The Bertz CT molecular complexity index is 366. The second kappa shape index (κ2) is 7.35. The van der Waals surface area contributed by atoms with Gasteiger partial charge in [-0.1, -0.05) is 26.0 Å². The van der Waals surface area contributed by atoms with Gasteiger partial charge in [0.05, 0.1) is 12.2 Å². The number of hydrogen-bond donors (Lipinski definition) is 1. The van der Waals surface area contributed by atoms with Crippen LogP contribution in [0.1, 0.15) is 24.2 Å². The van der Waals surface area contributed by atoms with Crippen molar-refractivity contribution in [2.24, 2.45) is 0 Å². The molecule has 0 unspecified atom stereocenters. The van der Waals surface area contributed by atoms with Crippen LogP contribution in [0, 0.1) is 0 Å². The van der Waals surface area contributed by atoms with Crippen molar-refractivity contribution in [3.8, 4) is 0 Å². The van der Waals surface area contributed by atoms with Crippen molar-refractivity contribution in [2.45, 2.75) is 24.0 Å². The van der Waals surface area contributed by atoms with Gasteiger partial charge in [-0.15, -0.1) is 11.8 Å². The highest BCUT2D eigenvalue weighted by molar-refractivity contribution is 8.00. The summed E-state index contributed by atoms with van der Waals surface area (Å²) in [6, 6.07) is 7.68. The fourth-order valence-electron chi connectivity index (χ4n) is 1.37. The molecule has 94 valence electrons. The molecule has 0 aliphatic carbocycles. The normalized spacial score (nSPS) is 10.6. The van der Waals surface area contributed by atoms with Crippen LogP contribution in [0.4, 0.5) is 0 Å². The van der Waals surface area contributed by atoms with Crippen molar-refractivity contribution in [2.75, 3.05) is 20.3 Å². The van der Waals surface area contributed by atoms with Crippen molar-refractivity contribution in [1.29, 1.82) is 0 Å². The first-order valence-corrected chi connectivity index (χ1v) is 6.56. The third-order valence-electron chi connectivity index (χ3n) is 2.09. The molecule has 0 heterocycles. The Morgan fingerprint density at radius 2 is 2.12 bits per heavy atom. The molecule has 0 radical (unpaired) electrons. The van der Waals surface area contributed by atoms with Crippen molar-refractivity contribution in [3.05, 3.63) is 29.8 Å². The maximum absolute atomic E-state index is 11.9. The molecule has 0 saturated heterocycles. The van der Waals surface area contributed by atoms with Gasteiger partial charge in [0.15, 0.2) is 0 Å². The minimum absolute atomic E-state index is 0.0363. The van der Waals surface area contributed by atoms with E-state index in [0.717, 1.165) is 10.5 Å². The van der Waals surface area contributed by atoms with Gasteiger partial charge in [0.25, 0.3) is 5.91 Å². The van der Waals surface area contributed by atoms with Gasteiger partial charge in [0.1, 0.15) is 0 Å². The Hall–Kier alpha value is -1.00. The van der Waals surface area contributed by atoms with Gasteiger partial charge in [-0.3, -0.25) is 4.79 Å². The molecule has 1 amide bonds. The summed E-state index contributed by atoms with van der Waals surface area (Å²) in [5.41, 5.74) is 0.738. The van der Waals surface area contributed by atoms with Crippen LogP contribution in [0.15, 0.2) is 29.2 Å². The van der Waals surface area contributed by atoms with Gasteiger partial charge < -0.3 is 10.1 Å². The fraction of sp³-hybridized carbons (Fsp3) is 0.462. The molecular weight excluding hydrogens is 234 g/mol. The summed E-state index contributed by atoms with van der Waals surface area (Å²) < 4.78 is 4.90. The summed E-state index contributed by atoms with van der Waals surface area (Å²) in [4.78, 5) is 13.0. The first-order valence-electron chi connectivity index (χ1n) is 5.68. The summed E-state index contributed by atoms with van der Waals surface area (Å²) >= 11 is 1.70. The van der Waals surface area contributed by atoms with Gasteiger partial charge in [0.2, 0.25) is 0 Å². The highest BCUT2D eigenvalue weighted by Crippen LogP contribution is 2.26. The van der Waals surface area contributed by atoms with Gasteiger partial charge in [-0.25, -0.2) is 0 Å². The fourth-order valence-corrected chi connectivity index (χ4v) is 2.33. The van der Waals surface area contributed by atoms with E-state index in [1.807, 2.05) is 24.3 Å². The molecule has 1 aromatic rings. The molecule has 0 aromatic heterocycles. The third kappa shape index (κ3) is 4.79. The zero-order valence-electron chi connectivity index (χ0n) is 10.5. The van der Waals surface area contributed by atoms with Crippen LogP contribution in [0.5, 0.6) is 0 Å². The molecule has 0 aliphatic heterocycles. The SMILES string of the molecule is COCCNC(=O)c1ccccc1SC(C)C. The summed E-state index contributed by atoms with van der Waals surface area (Å²) in [5.74, 6) is -0.0363. The number of ether oxygens (including phenoxy) is 1. The number of nitrogens with one attached hydrogen (secondary N) is 1. The molecule has 0 fully saturated rings. The van der Waals surface area contributed by atoms with Crippen LogP contribution in [0.2, 0.25) is 0 Å². The van der Waals surface area contributed by atoms with E-state index in [1.54, 1.807) is 18.9 Å². The van der Waals surface area contributed by atoms with Crippen molar-refractivity contribution in [3.63, 3.8) is 0 Å². The molecule has 4 heteroatoms. The third-order valence-corrected chi connectivity index (χ3v) is 3.17. The zero-order chi connectivity index (χ0) is 12.7. The molecule has 0 spiro atoms. The zero-order valence-corrected chi connectivity index (χ0v) is 11.3.